The lowest BCUT2D eigenvalue weighted by molar-refractivity contribution is -0.116. The highest BCUT2D eigenvalue weighted by atomic mass is 16.1. The minimum atomic E-state index is -0.0415. The van der Waals surface area contributed by atoms with Crippen LogP contribution in [0.25, 0.3) is 0 Å². The minimum Gasteiger partial charge on any atom is -0.355 e. The van der Waals surface area contributed by atoms with Crippen LogP contribution in [0.2, 0.25) is 0 Å². The molecule has 15 heavy (non-hydrogen) atoms. The second-order valence-electron chi connectivity index (χ2n) is 3.81. The summed E-state index contributed by atoms with van der Waals surface area (Å²) in [5, 5.41) is 2.59. The molecule has 0 aromatic carbocycles. The summed E-state index contributed by atoms with van der Waals surface area (Å²) in [5.74, 6) is -0.0415. The molecule has 1 aliphatic rings. The second kappa shape index (κ2) is 4.78. The van der Waals surface area contributed by atoms with Gasteiger partial charge in [-0.15, -0.1) is 0 Å². The lowest BCUT2D eigenvalue weighted by atomic mass is 10.1. The van der Waals surface area contributed by atoms with Crippen molar-refractivity contribution in [3.63, 3.8) is 0 Å². The van der Waals surface area contributed by atoms with Crippen molar-refractivity contribution in [3.05, 3.63) is 47.1 Å². The van der Waals surface area contributed by atoms with Gasteiger partial charge in [0.25, 0.3) is 0 Å². The molecule has 0 unspecified atom stereocenters. The normalized spacial score (nSPS) is 19.4. The van der Waals surface area contributed by atoms with E-state index in [1.165, 1.54) is 11.1 Å². The molecule has 1 amide bonds. The number of carbonyl (C=O) groups is 1. The molecule has 1 N–H and O–H groups in total. The van der Waals surface area contributed by atoms with Gasteiger partial charge in [-0.3, -0.25) is 4.79 Å². The first-order valence-corrected chi connectivity index (χ1v) is 5.00. The highest BCUT2D eigenvalue weighted by molar-refractivity contribution is 5.92. The third-order valence-electron chi connectivity index (χ3n) is 2.42. The van der Waals surface area contributed by atoms with Gasteiger partial charge >= 0.3 is 0 Å². The molecule has 0 aromatic heterocycles. The van der Waals surface area contributed by atoms with Crippen molar-refractivity contribution in [2.24, 2.45) is 0 Å². The maximum absolute atomic E-state index is 11.2. The first kappa shape index (κ1) is 11.5. The smallest absolute Gasteiger partial charge is 0.246 e. The fourth-order valence-electron chi connectivity index (χ4n) is 1.52. The Bertz CT molecular complexity index is 383. The fraction of sp³-hybridized carbons (Fsp3) is 0.308. The molecule has 0 saturated carbocycles. The summed E-state index contributed by atoms with van der Waals surface area (Å²) >= 11 is 0. The highest BCUT2D eigenvalue weighted by Crippen LogP contribution is 2.27. The third kappa shape index (κ3) is 2.94. The standard InChI is InChI=1S/C13H17NO/c1-9-7-11(3)12(8-9)6-5-10(2)13(15)14-4/h5-7H,3,8H2,1-2,4H3,(H,14,15)/b10-5+,12-6-. The van der Waals surface area contributed by atoms with E-state index in [2.05, 4.69) is 24.9 Å². The molecule has 0 fully saturated rings. The van der Waals surface area contributed by atoms with Gasteiger partial charge in [0.2, 0.25) is 5.91 Å². The highest BCUT2D eigenvalue weighted by Gasteiger charge is 2.09. The summed E-state index contributed by atoms with van der Waals surface area (Å²) in [6.45, 7) is 7.84. The van der Waals surface area contributed by atoms with Crippen molar-refractivity contribution in [2.45, 2.75) is 20.3 Å². The topological polar surface area (TPSA) is 29.1 Å². The van der Waals surface area contributed by atoms with Crippen LogP contribution >= 0.6 is 0 Å². The van der Waals surface area contributed by atoms with Crippen molar-refractivity contribution in [2.75, 3.05) is 7.05 Å². The zero-order valence-electron chi connectivity index (χ0n) is 9.55. The first-order valence-electron chi connectivity index (χ1n) is 5.00. The summed E-state index contributed by atoms with van der Waals surface area (Å²) in [5.41, 5.74) is 4.27. The van der Waals surface area contributed by atoms with Gasteiger partial charge in [0, 0.05) is 12.6 Å². The zero-order chi connectivity index (χ0) is 11.4. The molecule has 2 nitrogen and oxygen atoms in total. The second-order valence-corrected chi connectivity index (χ2v) is 3.81. The predicted molar refractivity (Wildman–Crippen MR) is 63.4 cm³/mol. The van der Waals surface area contributed by atoms with E-state index in [9.17, 15) is 4.79 Å². The predicted octanol–water partition coefficient (Wildman–Crippen LogP) is 2.51. The van der Waals surface area contributed by atoms with E-state index in [1.807, 2.05) is 12.2 Å². The van der Waals surface area contributed by atoms with E-state index in [4.69, 9.17) is 0 Å². The third-order valence-corrected chi connectivity index (χ3v) is 2.42. The number of hydrogen-bond donors (Lipinski definition) is 1. The van der Waals surface area contributed by atoms with E-state index in [1.54, 1.807) is 14.0 Å². The average Bonchev–Trinajstić information content (AvgIpc) is 2.52. The lowest BCUT2D eigenvalue weighted by Crippen LogP contribution is -2.18. The number of allylic oxidation sites excluding steroid dienone is 6. The summed E-state index contributed by atoms with van der Waals surface area (Å²) in [4.78, 5) is 11.2. The molecule has 80 valence electrons. The monoisotopic (exact) mass is 203 g/mol. The number of rotatable bonds is 2. The van der Waals surface area contributed by atoms with Crippen LogP contribution in [0.1, 0.15) is 20.3 Å². The van der Waals surface area contributed by atoms with Crippen LogP contribution in [-0.2, 0) is 4.79 Å². The maximum atomic E-state index is 11.2. The van der Waals surface area contributed by atoms with Crippen molar-refractivity contribution in [1.29, 1.82) is 0 Å². The van der Waals surface area contributed by atoms with Gasteiger partial charge in [0.1, 0.15) is 0 Å². The molecule has 1 aliphatic carbocycles. The number of hydrogen-bond acceptors (Lipinski definition) is 1. The molecule has 0 spiro atoms. The van der Waals surface area contributed by atoms with Crippen LogP contribution in [-0.4, -0.2) is 13.0 Å². The van der Waals surface area contributed by atoms with Gasteiger partial charge in [0.15, 0.2) is 0 Å². The Morgan fingerprint density at radius 1 is 1.60 bits per heavy atom. The Kier molecular flexibility index (Phi) is 3.67. The van der Waals surface area contributed by atoms with E-state index in [0.29, 0.717) is 5.57 Å². The van der Waals surface area contributed by atoms with Crippen LogP contribution in [0, 0.1) is 0 Å². The Labute approximate surface area is 91.1 Å². The van der Waals surface area contributed by atoms with E-state index in [0.717, 1.165) is 12.0 Å². The van der Waals surface area contributed by atoms with Crippen LogP contribution in [0.5, 0.6) is 0 Å². The Morgan fingerprint density at radius 2 is 2.27 bits per heavy atom. The van der Waals surface area contributed by atoms with Crippen LogP contribution in [0.3, 0.4) is 0 Å². The summed E-state index contributed by atoms with van der Waals surface area (Å²) in [6, 6.07) is 0. The number of carbonyl (C=O) groups excluding carboxylic acids is 1. The summed E-state index contributed by atoms with van der Waals surface area (Å²) in [6.07, 6.45) is 6.83. The molecule has 0 heterocycles. The van der Waals surface area contributed by atoms with Gasteiger partial charge in [-0.1, -0.05) is 30.4 Å². The number of amides is 1. The maximum Gasteiger partial charge on any atom is 0.246 e. The number of nitrogens with one attached hydrogen (secondary N) is 1. The average molecular weight is 203 g/mol. The number of likely N-dealkylation sites (N-methyl/N-ethyl adjacent to an activating group) is 1. The summed E-state index contributed by atoms with van der Waals surface area (Å²) < 4.78 is 0. The molecule has 0 aliphatic heterocycles. The quantitative estimate of drug-likeness (QED) is 0.686. The van der Waals surface area contributed by atoms with Crippen molar-refractivity contribution < 1.29 is 4.79 Å². The van der Waals surface area contributed by atoms with Crippen molar-refractivity contribution in [3.8, 4) is 0 Å². The van der Waals surface area contributed by atoms with Gasteiger partial charge in [-0.25, -0.2) is 0 Å². The van der Waals surface area contributed by atoms with Gasteiger partial charge in [-0.05, 0) is 31.4 Å². The van der Waals surface area contributed by atoms with Crippen LogP contribution in [0.4, 0.5) is 0 Å². The van der Waals surface area contributed by atoms with E-state index >= 15 is 0 Å². The van der Waals surface area contributed by atoms with Crippen LogP contribution in [0.15, 0.2) is 47.1 Å². The first-order chi connectivity index (χ1) is 7.04. The lowest BCUT2D eigenvalue weighted by Gasteiger charge is -1.99. The van der Waals surface area contributed by atoms with E-state index in [-0.39, 0.29) is 5.91 Å². The molecule has 1 rings (SSSR count). The minimum absolute atomic E-state index is 0.0415. The molecule has 0 radical (unpaired) electrons. The van der Waals surface area contributed by atoms with Gasteiger partial charge in [0.05, 0.1) is 0 Å². The zero-order valence-corrected chi connectivity index (χ0v) is 9.55. The van der Waals surface area contributed by atoms with Crippen LogP contribution < -0.4 is 5.32 Å². The largest absolute Gasteiger partial charge is 0.355 e. The Hall–Kier alpha value is -1.57. The molecule has 0 atom stereocenters. The molecule has 0 saturated heterocycles. The van der Waals surface area contributed by atoms with E-state index < -0.39 is 0 Å². The molecular weight excluding hydrogens is 186 g/mol. The summed E-state index contributed by atoms with van der Waals surface area (Å²) in [7, 11) is 1.63. The van der Waals surface area contributed by atoms with Crippen molar-refractivity contribution in [1.82, 2.24) is 5.32 Å². The fourth-order valence-corrected chi connectivity index (χ4v) is 1.52. The Morgan fingerprint density at radius 3 is 2.73 bits per heavy atom. The molecule has 0 aromatic rings. The molecular formula is C13H17NO. The molecule has 2 heteroatoms. The Balaban J connectivity index is 2.75. The SMILES string of the molecule is C=C1C=C(C)C/C1=C/C=C(\C)C(=O)NC. The van der Waals surface area contributed by atoms with Crippen molar-refractivity contribution >= 4 is 5.91 Å². The van der Waals surface area contributed by atoms with Gasteiger partial charge < -0.3 is 5.32 Å². The van der Waals surface area contributed by atoms with Gasteiger partial charge in [-0.2, -0.15) is 0 Å². The molecule has 0 bridgehead atoms.